The zero-order valence-corrected chi connectivity index (χ0v) is 8.82. The van der Waals surface area contributed by atoms with Crippen molar-refractivity contribution in [1.29, 1.82) is 5.26 Å². The average molecular weight is 241 g/mol. The highest BCUT2D eigenvalue weighted by atomic mass is 35.5. The zero-order chi connectivity index (χ0) is 12.3. The molecule has 0 radical (unpaired) electrons. The van der Waals surface area contributed by atoms with Crippen LogP contribution in [-0.2, 0) is 4.74 Å². The molecule has 0 heterocycles. The highest BCUT2D eigenvalue weighted by molar-refractivity contribution is 6.32. The number of nitrogens with zero attached hydrogens (tertiary/aromatic N) is 2. The number of carbonyl (C=O) groups is 1. The van der Waals surface area contributed by atoms with Crippen LogP contribution in [0.2, 0.25) is 5.02 Å². The molecule has 0 unspecified atom stereocenters. The molecule has 1 aromatic rings. The Morgan fingerprint density at radius 1 is 1.62 bits per heavy atom. The maximum atomic E-state index is 11.2. The van der Waals surface area contributed by atoms with Crippen LogP contribution in [0.1, 0.15) is 15.9 Å². The molecule has 0 saturated heterocycles. The molecule has 0 amide bonds. The molecule has 1 aromatic carbocycles. The first kappa shape index (κ1) is 11.9. The summed E-state index contributed by atoms with van der Waals surface area (Å²) >= 11 is 5.61. The largest absolute Gasteiger partial charge is 0.465 e. The van der Waals surface area contributed by atoms with Crippen LogP contribution in [0.4, 0.5) is 5.69 Å². The van der Waals surface area contributed by atoms with E-state index in [1.807, 2.05) is 0 Å². The Bertz CT molecular complexity index is 507. The maximum Gasteiger partial charge on any atom is 0.344 e. The van der Waals surface area contributed by atoms with E-state index in [0.29, 0.717) is 0 Å². The second-order valence-electron chi connectivity index (χ2n) is 2.68. The highest BCUT2D eigenvalue weighted by Crippen LogP contribution is 2.29. The van der Waals surface area contributed by atoms with Crippen LogP contribution in [0.25, 0.3) is 0 Å². The molecule has 16 heavy (non-hydrogen) atoms. The van der Waals surface area contributed by atoms with Gasteiger partial charge in [-0.1, -0.05) is 11.6 Å². The lowest BCUT2D eigenvalue weighted by atomic mass is 10.1. The average Bonchev–Trinajstić information content (AvgIpc) is 2.27. The summed E-state index contributed by atoms with van der Waals surface area (Å²) in [6.45, 7) is 0. The number of methoxy groups -OCH3 is 1. The van der Waals surface area contributed by atoms with Crippen molar-refractivity contribution in [3.63, 3.8) is 0 Å². The third kappa shape index (κ3) is 1.94. The minimum Gasteiger partial charge on any atom is -0.465 e. The number of rotatable bonds is 2. The number of hydrogen-bond acceptors (Lipinski definition) is 5. The normalized spacial score (nSPS) is 9.31. The molecular weight excluding hydrogens is 236 g/mol. The van der Waals surface area contributed by atoms with E-state index in [1.54, 1.807) is 6.07 Å². The van der Waals surface area contributed by atoms with Gasteiger partial charge in [0.2, 0.25) is 0 Å². The lowest BCUT2D eigenvalue weighted by molar-refractivity contribution is -0.385. The molecule has 6 nitrogen and oxygen atoms in total. The van der Waals surface area contributed by atoms with Crippen molar-refractivity contribution >= 4 is 23.3 Å². The minimum absolute atomic E-state index is 0.0816. The fraction of sp³-hybridized carbons (Fsp3) is 0.111. The molecule has 1 rings (SSSR count). The molecular formula is C9H5ClN2O4. The van der Waals surface area contributed by atoms with Crippen LogP contribution in [-0.4, -0.2) is 18.0 Å². The molecule has 0 aliphatic rings. The summed E-state index contributed by atoms with van der Waals surface area (Å²) in [5, 5.41) is 19.4. The number of halogens is 1. The minimum atomic E-state index is -0.889. The van der Waals surface area contributed by atoms with Crippen LogP contribution in [0, 0.1) is 21.4 Å². The summed E-state index contributed by atoms with van der Waals surface area (Å²) in [6.07, 6.45) is 0. The molecule has 0 saturated carbocycles. The lowest BCUT2D eigenvalue weighted by Crippen LogP contribution is -2.07. The SMILES string of the molecule is COC(=O)c1ccc(Cl)c(C#N)c1[N+](=O)[O-]. The van der Waals surface area contributed by atoms with Gasteiger partial charge in [-0.05, 0) is 12.1 Å². The molecule has 0 N–H and O–H groups in total. The first-order valence-electron chi connectivity index (χ1n) is 3.98. The van der Waals surface area contributed by atoms with Crippen molar-refractivity contribution in [2.45, 2.75) is 0 Å². The van der Waals surface area contributed by atoms with Crippen molar-refractivity contribution in [2.75, 3.05) is 7.11 Å². The van der Waals surface area contributed by atoms with Gasteiger partial charge in [0.05, 0.1) is 17.1 Å². The monoisotopic (exact) mass is 240 g/mol. The third-order valence-electron chi connectivity index (χ3n) is 1.83. The van der Waals surface area contributed by atoms with E-state index in [1.165, 1.54) is 6.07 Å². The van der Waals surface area contributed by atoms with Crippen LogP contribution >= 0.6 is 11.6 Å². The summed E-state index contributed by atoms with van der Waals surface area (Å²) < 4.78 is 4.37. The smallest absolute Gasteiger partial charge is 0.344 e. The molecule has 0 aliphatic heterocycles. The topological polar surface area (TPSA) is 93.2 Å². The van der Waals surface area contributed by atoms with Crippen LogP contribution in [0.3, 0.4) is 0 Å². The van der Waals surface area contributed by atoms with E-state index in [9.17, 15) is 14.9 Å². The van der Waals surface area contributed by atoms with Gasteiger partial charge in [-0.25, -0.2) is 4.79 Å². The van der Waals surface area contributed by atoms with Gasteiger partial charge in [0, 0.05) is 0 Å². The van der Waals surface area contributed by atoms with Gasteiger partial charge in [0.25, 0.3) is 0 Å². The molecule has 0 bridgehead atoms. The van der Waals surface area contributed by atoms with Crippen LogP contribution in [0.5, 0.6) is 0 Å². The summed E-state index contributed by atoms with van der Waals surface area (Å²) in [4.78, 5) is 21.2. The Labute approximate surface area is 95.2 Å². The molecule has 0 aromatic heterocycles. The quantitative estimate of drug-likeness (QED) is 0.447. The van der Waals surface area contributed by atoms with E-state index in [4.69, 9.17) is 16.9 Å². The summed E-state index contributed by atoms with van der Waals surface area (Å²) in [5.74, 6) is -0.889. The Hall–Kier alpha value is -2.13. The molecule has 0 aliphatic carbocycles. The number of nitriles is 1. The van der Waals surface area contributed by atoms with Gasteiger partial charge in [-0.15, -0.1) is 0 Å². The number of benzene rings is 1. The summed E-state index contributed by atoms with van der Waals surface area (Å²) in [7, 11) is 1.09. The van der Waals surface area contributed by atoms with Gasteiger partial charge < -0.3 is 4.74 Å². The number of nitro benzene ring substituents is 1. The van der Waals surface area contributed by atoms with E-state index in [2.05, 4.69) is 4.74 Å². The van der Waals surface area contributed by atoms with Gasteiger partial charge in [0.1, 0.15) is 17.2 Å². The highest BCUT2D eigenvalue weighted by Gasteiger charge is 2.27. The Balaban J connectivity index is 3.59. The molecule has 0 spiro atoms. The number of hydrogen-bond donors (Lipinski definition) is 0. The summed E-state index contributed by atoms with van der Waals surface area (Å²) in [5.41, 5.74) is -1.29. The first-order chi connectivity index (χ1) is 7.52. The number of nitro groups is 1. The predicted molar refractivity (Wildman–Crippen MR) is 54.2 cm³/mol. The van der Waals surface area contributed by atoms with Gasteiger partial charge in [0.15, 0.2) is 0 Å². The van der Waals surface area contributed by atoms with Crippen molar-refractivity contribution in [2.24, 2.45) is 0 Å². The van der Waals surface area contributed by atoms with E-state index in [0.717, 1.165) is 13.2 Å². The second kappa shape index (κ2) is 4.59. The first-order valence-corrected chi connectivity index (χ1v) is 4.36. The van der Waals surface area contributed by atoms with E-state index in [-0.39, 0.29) is 16.1 Å². The molecule has 0 atom stereocenters. The predicted octanol–water partition coefficient (Wildman–Crippen LogP) is 1.91. The van der Waals surface area contributed by atoms with Crippen molar-refractivity contribution < 1.29 is 14.5 Å². The Morgan fingerprint density at radius 3 is 2.69 bits per heavy atom. The van der Waals surface area contributed by atoms with E-state index >= 15 is 0 Å². The van der Waals surface area contributed by atoms with Crippen molar-refractivity contribution in [3.05, 3.63) is 38.4 Å². The summed E-state index contributed by atoms with van der Waals surface area (Å²) in [6, 6.07) is 3.96. The number of ether oxygens (including phenoxy) is 1. The number of esters is 1. The maximum absolute atomic E-state index is 11.2. The third-order valence-corrected chi connectivity index (χ3v) is 2.14. The standard InChI is InChI=1S/C9H5ClN2O4/c1-16-9(13)5-2-3-7(10)6(4-11)8(5)12(14)15/h2-3H,1H3. The molecule has 7 heteroatoms. The molecule has 0 fully saturated rings. The van der Waals surface area contributed by atoms with Crippen LogP contribution < -0.4 is 0 Å². The Kier molecular flexibility index (Phi) is 3.43. The van der Waals surface area contributed by atoms with E-state index < -0.39 is 16.6 Å². The van der Waals surface area contributed by atoms with Gasteiger partial charge in [-0.2, -0.15) is 5.26 Å². The fourth-order valence-corrected chi connectivity index (χ4v) is 1.33. The zero-order valence-electron chi connectivity index (χ0n) is 8.06. The molecule has 82 valence electrons. The van der Waals surface area contributed by atoms with Crippen molar-refractivity contribution in [1.82, 2.24) is 0 Å². The van der Waals surface area contributed by atoms with Gasteiger partial charge >= 0.3 is 11.7 Å². The second-order valence-corrected chi connectivity index (χ2v) is 3.09. The number of carbonyl (C=O) groups excluding carboxylic acids is 1. The van der Waals surface area contributed by atoms with Gasteiger partial charge in [-0.3, -0.25) is 10.1 Å². The lowest BCUT2D eigenvalue weighted by Gasteiger charge is -2.03. The van der Waals surface area contributed by atoms with Crippen LogP contribution in [0.15, 0.2) is 12.1 Å². The van der Waals surface area contributed by atoms with Crippen molar-refractivity contribution in [3.8, 4) is 6.07 Å². The fourth-order valence-electron chi connectivity index (χ4n) is 1.14. The Morgan fingerprint density at radius 2 is 2.25 bits per heavy atom.